The first kappa shape index (κ1) is 8.79. The second-order valence-corrected chi connectivity index (χ2v) is 3.55. The molecule has 0 radical (unpaired) electrons. The molecule has 0 aliphatic carbocycles. The third kappa shape index (κ3) is 2.39. The Kier molecular flexibility index (Phi) is 2.49. The van der Waals surface area contributed by atoms with Gasteiger partial charge >= 0.3 is 0 Å². The Morgan fingerprint density at radius 2 is 2.33 bits per heavy atom. The number of hydrogen-bond donors (Lipinski definition) is 0. The van der Waals surface area contributed by atoms with Gasteiger partial charge in [-0.05, 0) is 20.3 Å². The van der Waals surface area contributed by atoms with E-state index in [1.54, 1.807) is 12.5 Å². The van der Waals surface area contributed by atoms with Crippen molar-refractivity contribution in [3.8, 4) is 6.07 Å². The number of nitriles is 1. The normalized spacial score (nSPS) is 11.1. The summed E-state index contributed by atoms with van der Waals surface area (Å²) in [5, 5.41) is 8.75. The van der Waals surface area contributed by atoms with Crippen molar-refractivity contribution < 1.29 is 0 Å². The number of nitrogens with zero attached hydrogens (tertiary/aromatic N) is 3. The molecular formula is C9H13N3. The molecule has 1 heterocycles. The molecule has 3 nitrogen and oxygen atoms in total. The smallest absolute Gasteiger partial charge is 0.0945 e. The van der Waals surface area contributed by atoms with Crippen molar-refractivity contribution in [2.24, 2.45) is 5.41 Å². The molecule has 0 aliphatic heterocycles. The summed E-state index contributed by atoms with van der Waals surface area (Å²) in [5.74, 6) is 0. The molecule has 0 N–H and O–H groups in total. The highest BCUT2D eigenvalue weighted by molar-refractivity contribution is 4.91. The van der Waals surface area contributed by atoms with E-state index in [1.165, 1.54) is 0 Å². The molecule has 0 spiro atoms. The number of rotatable bonds is 3. The zero-order chi connectivity index (χ0) is 9.03. The van der Waals surface area contributed by atoms with Crippen LogP contribution in [0.5, 0.6) is 0 Å². The van der Waals surface area contributed by atoms with Crippen LogP contribution in [0.4, 0.5) is 0 Å². The van der Waals surface area contributed by atoms with Gasteiger partial charge in [-0.15, -0.1) is 0 Å². The highest BCUT2D eigenvalue weighted by atomic mass is 15.0. The Balaban J connectivity index is 2.42. The Morgan fingerprint density at radius 1 is 1.58 bits per heavy atom. The van der Waals surface area contributed by atoms with E-state index in [9.17, 15) is 0 Å². The van der Waals surface area contributed by atoms with E-state index in [0.29, 0.717) is 0 Å². The van der Waals surface area contributed by atoms with Crippen molar-refractivity contribution >= 4 is 0 Å². The molecular weight excluding hydrogens is 150 g/mol. The van der Waals surface area contributed by atoms with Gasteiger partial charge in [-0.3, -0.25) is 0 Å². The predicted octanol–water partition coefficient (Wildman–Crippen LogP) is 1.82. The summed E-state index contributed by atoms with van der Waals surface area (Å²) in [7, 11) is 0. The van der Waals surface area contributed by atoms with Gasteiger partial charge in [0.2, 0.25) is 0 Å². The summed E-state index contributed by atoms with van der Waals surface area (Å²) in [5.41, 5.74) is -0.232. The van der Waals surface area contributed by atoms with Crippen molar-refractivity contribution in [1.29, 1.82) is 5.26 Å². The Hall–Kier alpha value is -1.30. The van der Waals surface area contributed by atoms with Crippen molar-refractivity contribution in [3.05, 3.63) is 18.7 Å². The fourth-order valence-electron chi connectivity index (χ4n) is 0.884. The van der Waals surface area contributed by atoms with Gasteiger partial charge in [0.15, 0.2) is 0 Å². The van der Waals surface area contributed by atoms with Gasteiger partial charge < -0.3 is 4.57 Å². The van der Waals surface area contributed by atoms with Crippen LogP contribution in [0, 0.1) is 16.7 Å². The van der Waals surface area contributed by atoms with Crippen LogP contribution in [0.1, 0.15) is 20.3 Å². The summed E-state index contributed by atoms with van der Waals surface area (Å²) in [4.78, 5) is 3.93. The van der Waals surface area contributed by atoms with Crippen LogP contribution in [-0.2, 0) is 6.54 Å². The molecule has 0 saturated carbocycles. The Morgan fingerprint density at radius 3 is 2.83 bits per heavy atom. The topological polar surface area (TPSA) is 41.6 Å². The molecule has 1 aromatic rings. The minimum absolute atomic E-state index is 0.232. The lowest BCUT2D eigenvalue weighted by atomic mass is 9.91. The second kappa shape index (κ2) is 3.40. The average Bonchev–Trinajstić information content (AvgIpc) is 2.53. The number of aryl methyl sites for hydroxylation is 1. The van der Waals surface area contributed by atoms with Crippen LogP contribution in [0.3, 0.4) is 0 Å². The van der Waals surface area contributed by atoms with Gasteiger partial charge in [-0.25, -0.2) is 4.98 Å². The zero-order valence-corrected chi connectivity index (χ0v) is 7.49. The maximum atomic E-state index is 8.75. The van der Waals surface area contributed by atoms with Gasteiger partial charge in [0.1, 0.15) is 0 Å². The highest BCUT2D eigenvalue weighted by Crippen LogP contribution is 2.18. The minimum atomic E-state index is -0.232. The zero-order valence-electron chi connectivity index (χ0n) is 7.49. The predicted molar refractivity (Wildman–Crippen MR) is 46.2 cm³/mol. The van der Waals surface area contributed by atoms with Gasteiger partial charge in [-0.1, -0.05) is 0 Å². The van der Waals surface area contributed by atoms with E-state index in [1.807, 2.05) is 24.6 Å². The van der Waals surface area contributed by atoms with E-state index in [2.05, 4.69) is 11.1 Å². The Bertz CT molecular complexity index is 266. The van der Waals surface area contributed by atoms with E-state index < -0.39 is 0 Å². The second-order valence-electron chi connectivity index (χ2n) is 3.55. The van der Waals surface area contributed by atoms with E-state index in [0.717, 1.165) is 13.0 Å². The summed E-state index contributed by atoms with van der Waals surface area (Å²) in [6.45, 7) is 4.76. The van der Waals surface area contributed by atoms with Crippen molar-refractivity contribution in [2.75, 3.05) is 0 Å². The van der Waals surface area contributed by atoms with Crippen molar-refractivity contribution in [2.45, 2.75) is 26.8 Å². The van der Waals surface area contributed by atoms with Crippen LogP contribution >= 0.6 is 0 Å². The van der Waals surface area contributed by atoms with Crippen LogP contribution < -0.4 is 0 Å². The minimum Gasteiger partial charge on any atom is -0.337 e. The molecule has 0 bridgehead atoms. The molecule has 0 unspecified atom stereocenters. The average molecular weight is 163 g/mol. The lowest BCUT2D eigenvalue weighted by molar-refractivity contribution is 0.413. The summed E-state index contributed by atoms with van der Waals surface area (Å²) in [6, 6.07) is 2.27. The fourth-order valence-corrected chi connectivity index (χ4v) is 0.884. The van der Waals surface area contributed by atoms with Crippen LogP contribution in [0.25, 0.3) is 0 Å². The maximum Gasteiger partial charge on any atom is 0.0945 e. The molecule has 0 aliphatic rings. The number of aromatic nitrogens is 2. The van der Waals surface area contributed by atoms with Gasteiger partial charge in [0.25, 0.3) is 0 Å². The quantitative estimate of drug-likeness (QED) is 0.682. The molecule has 12 heavy (non-hydrogen) atoms. The maximum absolute atomic E-state index is 8.75. The third-order valence-corrected chi connectivity index (χ3v) is 1.86. The Labute approximate surface area is 72.7 Å². The first-order chi connectivity index (χ1) is 5.64. The third-order valence-electron chi connectivity index (χ3n) is 1.86. The van der Waals surface area contributed by atoms with Gasteiger partial charge in [0.05, 0.1) is 17.8 Å². The first-order valence-corrected chi connectivity index (χ1v) is 4.01. The van der Waals surface area contributed by atoms with Crippen molar-refractivity contribution in [3.63, 3.8) is 0 Å². The summed E-state index contributed by atoms with van der Waals surface area (Å²) < 4.78 is 1.99. The van der Waals surface area contributed by atoms with E-state index in [-0.39, 0.29) is 5.41 Å². The molecule has 0 aromatic carbocycles. The lowest BCUT2D eigenvalue weighted by Crippen LogP contribution is -2.11. The van der Waals surface area contributed by atoms with Crippen molar-refractivity contribution in [1.82, 2.24) is 9.55 Å². The van der Waals surface area contributed by atoms with Crippen LogP contribution in [0.2, 0.25) is 0 Å². The summed E-state index contributed by atoms with van der Waals surface area (Å²) >= 11 is 0. The summed E-state index contributed by atoms with van der Waals surface area (Å²) in [6.07, 6.45) is 6.29. The molecule has 0 atom stereocenters. The molecule has 0 saturated heterocycles. The molecule has 64 valence electrons. The van der Waals surface area contributed by atoms with E-state index in [4.69, 9.17) is 5.26 Å². The highest BCUT2D eigenvalue weighted by Gasteiger charge is 2.15. The monoisotopic (exact) mass is 163 g/mol. The largest absolute Gasteiger partial charge is 0.337 e. The SMILES string of the molecule is CC(C)(C#N)CCn1ccnc1. The number of hydrogen-bond acceptors (Lipinski definition) is 2. The first-order valence-electron chi connectivity index (χ1n) is 4.01. The van der Waals surface area contributed by atoms with Crippen LogP contribution in [-0.4, -0.2) is 9.55 Å². The molecule has 1 aromatic heterocycles. The molecule has 0 amide bonds. The standard InChI is InChI=1S/C9H13N3/c1-9(2,7-10)3-5-12-6-4-11-8-12/h4,6,8H,3,5H2,1-2H3. The van der Waals surface area contributed by atoms with Gasteiger partial charge in [-0.2, -0.15) is 5.26 Å². The van der Waals surface area contributed by atoms with E-state index >= 15 is 0 Å². The fraction of sp³-hybridized carbons (Fsp3) is 0.556. The molecule has 1 rings (SSSR count). The van der Waals surface area contributed by atoms with Gasteiger partial charge in [0, 0.05) is 18.9 Å². The lowest BCUT2D eigenvalue weighted by Gasteiger charge is -2.14. The number of imidazole rings is 1. The van der Waals surface area contributed by atoms with Crippen LogP contribution in [0.15, 0.2) is 18.7 Å². The molecule has 0 fully saturated rings. The molecule has 3 heteroatoms.